The Bertz CT molecular complexity index is 466. The van der Waals surface area contributed by atoms with E-state index in [0.29, 0.717) is 5.69 Å². The molecule has 0 saturated heterocycles. The van der Waals surface area contributed by atoms with Crippen LogP contribution in [0.1, 0.15) is 27.2 Å². The molecule has 0 radical (unpaired) electrons. The third-order valence-electron chi connectivity index (χ3n) is 2.36. The van der Waals surface area contributed by atoms with Crippen molar-refractivity contribution in [3.8, 4) is 0 Å². The summed E-state index contributed by atoms with van der Waals surface area (Å²) in [6, 6.07) is 8.01. The quantitative estimate of drug-likeness (QED) is 0.847. The van der Waals surface area contributed by atoms with Crippen LogP contribution in [0, 0.1) is 0 Å². The van der Waals surface area contributed by atoms with E-state index in [1.807, 2.05) is 38.1 Å². The molecule has 3 heteroatoms. The molecule has 0 atom stereocenters. The minimum atomic E-state index is 0.710. The third kappa shape index (κ3) is 3.09. The molecule has 0 aliphatic rings. The van der Waals surface area contributed by atoms with Crippen molar-refractivity contribution in [2.45, 2.75) is 27.2 Å². The van der Waals surface area contributed by atoms with E-state index in [2.05, 4.69) is 17.2 Å². The number of aromatic nitrogens is 1. The lowest BCUT2D eigenvalue weighted by Gasteiger charge is -2.10. The molecule has 0 aliphatic heterocycles. The zero-order valence-electron chi connectivity index (χ0n) is 10.8. The van der Waals surface area contributed by atoms with Crippen molar-refractivity contribution in [2.75, 3.05) is 17.6 Å². The van der Waals surface area contributed by atoms with Crippen molar-refractivity contribution in [1.82, 2.24) is 4.98 Å². The zero-order valence-corrected chi connectivity index (χ0v) is 10.8. The molecule has 0 bridgehead atoms. The Morgan fingerprint density at radius 1 is 1.24 bits per heavy atom. The zero-order chi connectivity index (χ0) is 12.7. The average Bonchev–Trinajstić information content (AvgIpc) is 2.40. The van der Waals surface area contributed by atoms with Gasteiger partial charge < -0.3 is 11.1 Å². The molecule has 0 fully saturated rings. The maximum atomic E-state index is 5.90. The molecule has 0 saturated carbocycles. The number of nitrogens with one attached hydrogen (secondary N) is 1. The van der Waals surface area contributed by atoms with Crippen LogP contribution in [0.2, 0.25) is 0 Å². The van der Waals surface area contributed by atoms with Crippen LogP contribution >= 0.6 is 0 Å². The molecular formula is C14H21N3. The van der Waals surface area contributed by atoms with Gasteiger partial charge in [0.05, 0.1) is 23.1 Å². The number of pyridine rings is 1. The highest BCUT2D eigenvalue weighted by Crippen LogP contribution is 2.27. The number of nitrogens with zero attached hydrogens (tertiary/aromatic N) is 1. The first-order valence-electron chi connectivity index (χ1n) is 6.20. The van der Waals surface area contributed by atoms with E-state index in [0.717, 1.165) is 29.6 Å². The normalized spacial score (nSPS) is 9.59. The summed E-state index contributed by atoms with van der Waals surface area (Å²) in [4.78, 5) is 4.28. The summed E-state index contributed by atoms with van der Waals surface area (Å²) in [6.07, 6.45) is 2.79. The van der Waals surface area contributed by atoms with Crippen molar-refractivity contribution < 1.29 is 0 Å². The standard InChI is InChI=1S/C12H15N3.C2H6/c1-2-7-14-12-9-5-3-4-6-11(9)15-8-10(12)13;1-2/h3-6,8H,2,7,13H2,1H3,(H,14,15);1-2H3. The summed E-state index contributed by atoms with van der Waals surface area (Å²) in [6.45, 7) is 7.06. The fraction of sp³-hybridized carbons (Fsp3) is 0.357. The van der Waals surface area contributed by atoms with Gasteiger partial charge in [-0.15, -0.1) is 0 Å². The van der Waals surface area contributed by atoms with Crippen molar-refractivity contribution in [1.29, 1.82) is 0 Å². The van der Waals surface area contributed by atoms with Gasteiger partial charge in [0.15, 0.2) is 0 Å². The number of nitrogens with two attached hydrogens (primary N) is 1. The minimum Gasteiger partial charge on any atom is -0.396 e. The van der Waals surface area contributed by atoms with E-state index in [9.17, 15) is 0 Å². The van der Waals surface area contributed by atoms with Gasteiger partial charge in [-0.3, -0.25) is 4.98 Å². The highest BCUT2D eigenvalue weighted by Gasteiger charge is 2.04. The third-order valence-corrected chi connectivity index (χ3v) is 2.36. The Kier molecular flexibility index (Phi) is 5.27. The summed E-state index contributed by atoms with van der Waals surface area (Å²) in [5.41, 5.74) is 8.59. The molecule has 3 N–H and O–H groups in total. The van der Waals surface area contributed by atoms with Gasteiger partial charge in [-0.1, -0.05) is 39.0 Å². The second kappa shape index (κ2) is 6.74. The van der Waals surface area contributed by atoms with Crippen molar-refractivity contribution in [3.05, 3.63) is 30.5 Å². The fourth-order valence-electron chi connectivity index (χ4n) is 1.60. The van der Waals surface area contributed by atoms with Crippen molar-refractivity contribution in [2.24, 2.45) is 0 Å². The first kappa shape index (κ1) is 13.3. The van der Waals surface area contributed by atoms with Gasteiger partial charge in [0.2, 0.25) is 0 Å². The highest BCUT2D eigenvalue weighted by atomic mass is 14.9. The van der Waals surface area contributed by atoms with E-state index >= 15 is 0 Å². The van der Waals surface area contributed by atoms with Crippen LogP contribution in [0.15, 0.2) is 30.5 Å². The molecule has 0 unspecified atom stereocenters. The van der Waals surface area contributed by atoms with Crippen LogP contribution in [0.5, 0.6) is 0 Å². The lowest BCUT2D eigenvalue weighted by molar-refractivity contribution is 0.981. The van der Waals surface area contributed by atoms with E-state index in [4.69, 9.17) is 5.73 Å². The Hall–Kier alpha value is -1.77. The molecule has 1 heterocycles. The number of benzene rings is 1. The molecule has 1 aromatic heterocycles. The van der Waals surface area contributed by atoms with Gasteiger partial charge in [-0.05, 0) is 12.5 Å². The second-order valence-corrected chi connectivity index (χ2v) is 3.53. The van der Waals surface area contributed by atoms with Crippen molar-refractivity contribution in [3.63, 3.8) is 0 Å². The SMILES string of the molecule is CC.CCCNc1c(N)cnc2ccccc12. The molecule has 92 valence electrons. The maximum absolute atomic E-state index is 5.90. The van der Waals surface area contributed by atoms with Crippen LogP contribution in [0.4, 0.5) is 11.4 Å². The van der Waals surface area contributed by atoms with Crippen LogP contribution < -0.4 is 11.1 Å². The van der Waals surface area contributed by atoms with Crippen LogP contribution in [-0.4, -0.2) is 11.5 Å². The molecular weight excluding hydrogens is 210 g/mol. The van der Waals surface area contributed by atoms with Gasteiger partial charge in [0.1, 0.15) is 0 Å². The number of hydrogen-bond acceptors (Lipinski definition) is 3. The van der Waals surface area contributed by atoms with E-state index in [1.165, 1.54) is 0 Å². The molecule has 0 aliphatic carbocycles. The highest BCUT2D eigenvalue weighted by molar-refractivity contribution is 5.96. The average molecular weight is 231 g/mol. The van der Waals surface area contributed by atoms with Gasteiger partial charge >= 0.3 is 0 Å². The Balaban J connectivity index is 0.000000686. The summed E-state index contributed by atoms with van der Waals surface area (Å²) in [5, 5.41) is 4.43. The number of nitrogen functional groups attached to an aromatic ring is 1. The number of fused-ring (bicyclic) bond motifs is 1. The first-order chi connectivity index (χ1) is 8.33. The van der Waals surface area contributed by atoms with Gasteiger partial charge in [0, 0.05) is 11.9 Å². The van der Waals surface area contributed by atoms with Crippen LogP contribution in [0.3, 0.4) is 0 Å². The molecule has 3 nitrogen and oxygen atoms in total. The summed E-state index contributed by atoms with van der Waals surface area (Å²) in [7, 11) is 0. The number of anilines is 2. The Labute approximate surface area is 103 Å². The van der Waals surface area contributed by atoms with Crippen LogP contribution in [-0.2, 0) is 0 Å². The van der Waals surface area contributed by atoms with Crippen molar-refractivity contribution >= 4 is 22.3 Å². The smallest absolute Gasteiger partial charge is 0.0743 e. The molecule has 0 amide bonds. The molecule has 2 aromatic rings. The monoisotopic (exact) mass is 231 g/mol. The van der Waals surface area contributed by atoms with Gasteiger partial charge in [0.25, 0.3) is 0 Å². The van der Waals surface area contributed by atoms with Crippen LogP contribution in [0.25, 0.3) is 10.9 Å². The van der Waals surface area contributed by atoms with E-state index < -0.39 is 0 Å². The van der Waals surface area contributed by atoms with E-state index in [1.54, 1.807) is 6.20 Å². The summed E-state index contributed by atoms with van der Waals surface area (Å²) in [5.74, 6) is 0. The summed E-state index contributed by atoms with van der Waals surface area (Å²) < 4.78 is 0. The van der Waals surface area contributed by atoms with E-state index in [-0.39, 0.29) is 0 Å². The Morgan fingerprint density at radius 2 is 1.94 bits per heavy atom. The predicted octanol–water partition coefficient (Wildman–Crippen LogP) is 3.67. The lowest BCUT2D eigenvalue weighted by Crippen LogP contribution is -2.04. The topological polar surface area (TPSA) is 50.9 Å². The number of para-hydroxylation sites is 1. The first-order valence-corrected chi connectivity index (χ1v) is 6.20. The fourth-order valence-corrected chi connectivity index (χ4v) is 1.60. The molecule has 2 rings (SSSR count). The van der Waals surface area contributed by atoms with Gasteiger partial charge in [-0.25, -0.2) is 0 Å². The second-order valence-electron chi connectivity index (χ2n) is 3.53. The molecule has 17 heavy (non-hydrogen) atoms. The number of rotatable bonds is 3. The van der Waals surface area contributed by atoms with Gasteiger partial charge in [-0.2, -0.15) is 0 Å². The molecule has 0 spiro atoms. The largest absolute Gasteiger partial charge is 0.396 e. The molecule has 1 aromatic carbocycles. The number of hydrogen-bond donors (Lipinski definition) is 2. The minimum absolute atomic E-state index is 0.710. The Morgan fingerprint density at radius 3 is 2.65 bits per heavy atom. The maximum Gasteiger partial charge on any atom is 0.0743 e. The lowest BCUT2D eigenvalue weighted by atomic mass is 10.1. The predicted molar refractivity (Wildman–Crippen MR) is 76.3 cm³/mol. The summed E-state index contributed by atoms with van der Waals surface area (Å²) >= 11 is 0.